The molecule has 0 aromatic heterocycles. The van der Waals surface area contributed by atoms with Crippen molar-refractivity contribution in [3.63, 3.8) is 0 Å². The summed E-state index contributed by atoms with van der Waals surface area (Å²) in [7, 11) is 2.27. The van der Waals surface area contributed by atoms with E-state index in [4.69, 9.17) is 14.2 Å². The topological polar surface area (TPSA) is 94.5 Å². The van der Waals surface area contributed by atoms with E-state index >= 15 is 0 Å². The van der Waals surface area contributed by atoms with E-state index in [1.807, 2.05) is 0 Å². The zero-order valence-electron chi connectivity index (χ0n) is 16.4. The molecule has 152 valence electrons. The second kappa shape index (κ2) is 8.06. The quantitative estimate of drug-likeness (QED) is 0.530. The maximum atomic E-state index is 12.3. The summed E-state index contributed by atoms with van der Waals surface area (Å²) in [6.45, 7) is 0. The Morgan fingerprint density at radius 2 is 1.79 bits per heavy atom. The van der Waals surface area contributed by atoms with Crippen LogP contribution < -0.4 is 9.47 Å². The number of hydrogen-bond donors (Lipinski definition) is 0. The summed E-state index contributed by atoms with van der Waals surface area (Å²) in [6.07, 6.45) is 1.52. The summed E-state index contributed by atoms with van der Waals surface area (Å²) in [5.74, 6) is 0.349. The number of methoxy groups -OCH3 is 2. The maximum Gasteiger partial charge on any atom is 0.363 e. The Morgan fingerprint density at radius 3 is 2.45 bits per heavy atom. The Bertz CT molecular complexity index is 1120. The highest BCUT2D eigenvalue weighted by molar-refractivity contribution is 7.89. The molecule has 0 aliphatic carbocycles. The molecule has 0 unspecified atom stereocenters. The van der Waals surface area contributed by atoms with E-state index in [9.17, 15) is 13.2 Å². The van der Waals surface area contributed by atoms with Gasteiger partial charge in [-0.3, -0.25) is 0 Å². The normalized spacial score (nSPS) is 15.4. The minimum absolute atomic E-state index is 0.0268. The predicted octanol–water partition coefficient (Wildman–Crippen LogP) is 2.30. The van der Waals surface area contributed by atoms with Gasteiger partial charge in [-0.15, -0.1) is 0 Å². The molecule has 0 saturated heterocycles. The first-order valence-corrected chi connectivity index (χ1v) is 9.98. The third kappa shape index (κ3) is 4.01. The molecule has 0 spiro atoms. The van der Waals surface area contributed by atoms with Gasteiger partial charge in [0, 0.05) is 25.2 Å². The van der Waals surface area contributed by atoms with Crippen molar-refractivity contribution in [1.29, 1.82) is 0 Å². The Balaban J connectivity index is 2.01. The van der Waals surface area contributed by atoms with Crippen LogP contribution in [0.15, 0.2) is 58.0 Å². The monoisotopic (exact) mass is 416 g/mol. The number of benzene rings is 2. The minimum atomic E-state index is -3.63. The SMILES string of the molecule is COc1cccc(/C=C2\N=C(c3cccc(S(=O)(=O)N(C)C)c3)OC2=O)c1OC. The van der Waals surface area contributed by atoms with Gasteiger partial charge in [-0.1, -0.05) is 18.2 Å². The van der Waals surface area contributed by atoms with Crippen LogP contribution in [0.1, 0.15) is 11.1 Å². The Morgan fingerprint density at radius 1 is 1.07 bits per heavy atom. The number of carbonyl (C=O) groups excluding carboxylic acids is 1. The number of rotatable bonds is 6. The van der Waals surface area contributed by atoms with Crippen LogP contribution in [0.2, 0.25) is 0 Å². The molecule has 2 aromatic rings. The van der Waals surface area contributed by atoms with E-state index < -0.39 is 16.0 Å². The number of esters is 1. The van der Waals surface area contributed by atoms with Crippen LogP contribution >= 0.6 is 0 Å². The van der Waals surface area contributed by atoms with E-state index in [0.717, 1.165) is 4.31 Å². The number of sulfonamides is 1. The summed E-state index contributed by atoms with van der Waals surface area (Å²) in [4.78, 5) is 16.6. The van der Waals surface area contributed by atoms with Crippen molar-refractivity contribution < 1.29 is 27.4 Å². The zero-order valence-corrected chi connectivity index (χ0v) is 17.2. The molecule has 1 aliphatic heterocycles. The number of nitrogens with zero attached hydrogens (tertiary/aromatic N) is 2. The van der Waals surface area contributed by atoms with Gasteiger partial charge in [0.2, 0.25) is 15.9 Å². The summed E-state index contributed by atoms with van der Waals surface area (Å²) in [5.41, 5.74) is 1.03. The fraction of sp³-hybridized carbons (Fsp3) is 0.200. The number of aliphatic imine (C=N–C) groups is 1. The first kappa shape index (κ1) is 20.6. The summed E-state index contributed by atoms with van der Waals surface area (Å²) >= 11 is 0. The fourth-order valence-electron chi connectivity index (χ4n) is 2.71. The largest absolute Gasteiger partial charge is 0.493 e. The number of carbonyl (C=O) groups is 1. The molecule has 3 rings (SSSR count). The van der Waals surface area contributed by atoms with Gasteiger partial charge >= 0.3 is 5.97 Å². The van der Waals surface area contributed by atoms with Crippen LogP contribution in [0.4, 0.5) is 0 Å². The van der Waals surface area contributed by atoms with E-state index in [1.165, 1.54) is 46.5 Å². The van der Waals surface area contributed by atoms with Crippen LogP contribution in [0.3, 0.4) is 0 Å². The van der Waals surface area contributed by atoms with Gasteiger partial charge in [-0.2, -0.15) is 0 Å². The zero-order chi connectivity index (χ0) is 21.2. The van der Waals surface area contributed by atoms with Gasteiger partial charge in [0.15, 0.2) is 17.2 Å². The lowest BCUT2D eigenvalue weighted by Crippen LogP contribution is -2.22. The van der Waals surface area contributed by atoms with E-state index in [0.29, 0.717) is 22.6 Å². The Kier molecular flexibility index (Phi) is 5.71. The average Bonchev–Trinajstić information content (AvgIpc) is 3.08. The Hall–Kier alpha value is -3.17. The molecule has 1 heterocycles. The van der Waals surface area contributed by atoms with E-state index in [2.05, 4.69) is 4.99 Å². The molecular formula is C20H20N2O6S. The van der Waals surface area contributed by atoms with Gasteiger partial charge in [-0.25, -0.2) is 22.5 Å². The molecule has 9 heteroatoms. The van der Waals surface area contributed by atoms with Crippen molar-refractivity contribution in [3.05, 3.63) is 59.3 Å². The standard InChI is InChI=1S/C20H20N2O6S/c1-22(2)29(24,25)15-9-5-8-14(11-15)19-21-16(20(23)28-19)12-13-7-6-10-17(26-3)18(13)27-4/h5-12H,1-4H3/b16-12-. The molecule has 2 aromatic carbocycles. The molecule has 0 bridgehead atoms. The summed E-state index contributed by atoms with van der Waals surface area (Å²) in [6, 6.07) is 11.3. The van der Waals surface area contributed by atoms with Crippen LogP contribution in [-0.4, -0.2) is 52.9 Å². The lowest BCUT2D eigenvalue weighted by molar-refractivity contribution is -0.129. The molecule has 0 N–H and O–H groups in total. The first-order valence-electron chi connectivity index (χ1n) is 8.54. The molecular weight excluding hydrogens is 396 g/mol. The highest BCUT2D eigenvalue weighted by atomic mass is 32.2. The fourth-order valence-corrected chi connectivity index (χ4v) is 3.65. The smallest absolute Gasteiger partial charge is 0.363 e. The molecule has 0 radical (unpaired) electrons. The van der Waals surface area contributed by atoms with E-state index in [1.54, 1.807) is 30.3 Å². The van der Waals surface area contributed by atoms with Crippen molar-refractivity contribution in [3.8, 4) is 11.5 Å². The van der Waals surface area contributed by atoms with Crippen LogP contribution in [0.25, 0.3) is 6.08 Å². The summed E-state index contributed by atoms with van der Waals surface area (Å²) in [5, 5.41) is 0. The highest BCUT2D eigenvalue weighted by Gasteiger charge is 2.26. The lowest BCUT2D eigenvalue weighted by atomic mass is 10.1. The van der Waals surface area contributed by atoms with E-state index in [-0.39, 0.29) is 16.5 Å². The lowest BCUT2D eigenvalue weighted by Gasteiger charge is -2.11. The van der Waals surface area contributed by atoms with Crippen LogP contribution in [0.5, 0.6) is 11.5 Å². The molecule has 0 atom stereocenters. The number of para-hydroxylation sites is 1. The highest BCUT2D eigenvalue weighted by Crippen LogP contribution is 2.33. The molecule has 8 nitrogen and oxygen atoms in total. The summed E-state index contributed by atoms with van der Waals surface area (Å²) < 4.78 is 41.7. The molecule has 0 amide bonds. The van der Waals surface area contributed by atoms with Crippen molar-refractivity contribution in [2.45, 2.75) is 4.90 Å². The molecule has 0 fully saturated rings. The van der Waals surface area contributed by atoms with Gasteiger partial charge < -0.3 is 14.2 Å². The minimum Gasteiger partial charge on any atom is -0.493 e. The van der Waals surface area contributed by atoms with Crippen molar-refractivity contribution in [2.24, 2.45) is 4.99 Å². The van der Waals surface area contributed by atoms with Crippen LogP contribution in [-0.2, 0) is 19.6 Å². The predicted molar refractivity (Wildman–Crippen MR) is 107 cm³/mol. The first-order chi connectivity index (χ1) is 13.8. The van der Waals surface area contributed by atoms with Gasteiger partial charge in [0.25, 0.3) is 0 Å². The van der Waals surface area contributed by atoms with Gasteiger partial charge in [0.05, 0.1) is 19.1 Å². The molecule has 1 aliphatic rings. The van der Waals surface area contributed by atoms with Gasteiger partial charge in [-0.05, 0) is 30.3 Å². The van der Waals surface area contributed by atoms with Crippen molar-refractivity contribution in [1.82, 2.24) is 4.31 Å². The maximum absolute atomic E-state index is 12.3. The number of hydrogen-bond acceptors (Lipinski definition) is 7. The Labute approximate surface area is 169 Å². The molecule has 29 heavy (non-hydrogen) atoms. The van der Waals surface area contributed by atoms with Gasteiger partial charge in [0.1, 0.15) is 0 Å². The average molecular weight is 416 g/mol. The third-order valence-electron chi connectivity index (χ3n) is 4.21. The molecule has 0 saturated carbocycles. The third-order valence-corrected chi connectivity index (χ3v) is 6.02. The number of ether oxygens (including phenoxy) is 3. The number of cyclic esters (lactones) is 1. The van der Waals surface area contributed by atoms with Crippen molar-refractivity contribution >= 4 is 28.0 Å². The van der Waals surface area contributed by atoms with Crippen LogP contribution in [0, 0.1) is 0 Å². The second-order valence-electron chi connectivity index (χ2n) is 6.23. The second-order valence-corrected chi connectivity index (χ2v) is 8.39. The van der Waals surface area contributed by atoms with Crippen molar-refractivity contribution in [2.75, 3.05) is 28.3 Å².